The van der Waals surface area contributed by atoms with E-state index in [1.54, 1.807) is 24.5 Å². The SMILES string of the molecule is Cc1ccoc1C(=O)N1CCC[C@H]1c1ccc(O)cc1. The molecule has 0 unspecified atom stereocenters. The summed E-state index contributed by atoms with van der Waals surface area (Å²) in [4.78, 5) is 14.4. The Bertz CT molecular complexity index is 615. The molecule has 1 aliphatic heterocycles. The highest BCUT2D eigenvalue weighted by Crippen LogP contribution is 2.34. The van der Waals surface area contributed by atoms with Gasteiger partial charge in [-0.25, -0.2) is 0 Å². The maximum absolute atomic E-state index is 12.6. The molecule has 0 spiro atoms. The summed E-state index contributed by atoms with van der Waals surface area (Å²) in [6.45, 7) is 2.62. The minimum absolute atomic E-state index is 0.0527. The number of carbonyl (C=O) groups excluding carboxylic acids is 1. The molecule has 0 saturated carbocycles. The molecule has 104 valence electrons. The van der Waals surface area contributed by atoms with Crippen LogP contribution in [0.2, 0.25) is 0 Å². The van der Waals surface area contributed by atoms with E-state index in [1.807, 2.05) is 24.0 Å². The summed E-state index contributed by atoms with van der Waals surface area (Å²) in [5.41, 5.74) is 1.92. The lowest BCUT2D eigenvalue weighted by Crippen LogP contribution is -2.30. The average Bonchev–Trinajstić information content (AvgIpc) is 3.07. The van der Waals surface area contributed by atoms with Crippen LogP contribution in [0.15, 0.2) is 41.0 Å². The van der Waals surface area contributed by atoms with Gasteiger partial charge >= 0.3 is 0 Å². The smallest absolute Gasteiger partial charge is 0.290 e. The second-order valence-corrected chi connectivity index (χ2v) is 5.18. The number of rotatable bonds is 2. The number of carbonyl (C=O) groups is 1. The molecule has 1 aliphatic rings. The van der Waals surface area contributed by atoms with E-state index in [2.05, 4.69) is 0 Å². The van der Waals surface area contributed by atoms with E-state index < -0.39 is 0 Å². The van der Waals surface area contributed by atoms with Gasteiger partial charge in [-0.3, -0.25) is 4.79 Å². The fourth-order valence-electron chi connectivity index (χ4n) is 2.78. The Kier molecular flexibility index (Phi) is 3.22. The summed E-state index contributed by atoms with van der Waals surface area (Å²) in [7, 11) is 0. The number of benzene rings is 1. The second kappa shape index (κ2) is 5.04. The molecule has 1 amide bonds. The van der Waals surface area contributed by atoms with Crippen molar-refractivity contribution in [1.82, 2.24) is 4.90 Å². The zero-order chi connectivity index (χ0) is 14.1. The molecule has 2 heterocycles. The van der Waals surface area contributed by atoms with Crippen molar-refractivity contribution in [1.29, 1.82) is 0 Å². The van der Waals surface area contributed by atoms with Gasteiger partial charge in [-0.05, 0) is 43.5 Å². The van der Waals surface area contributed by atoms with Gasteiger partial charge in [-0.2, -0.15) is 0 Å². The first-order valence-corrected chi connectivity index (χ1v) is 6.81. The van der Waals surface area contributed by atoms with E-state index in [1.165, 1.54) is 0 Å². The standard InChI is InChI=1S/C16H17NO3/c1-11-8-10-20-15(11)16(19)17-9-2-3-14(17)12-4-6-13(18)7-5-12/h4-8,10,14,18H,2-3,9H2,1H3/t14-/m0/s1. The summed E-state index contributed by atoms with van der Waals surface area (Å²) in [6, 6.07) is 8.94. The molecule has 4 heteroatoms. The molecule has 0 bridgehead atoms. The van der Waals surface area contributed by atoms with Crippen molar-refractivity contribution in [2.75, 3.05) is 6.54 Å². The van der Waals surface area contributed by atoms with Crippen LogP contribution in [0.25, 0.3) is 0 Å². The van der Waals surface area contributed by atoms with Crippen LogP contribution in [-0.4, -0.2) is 22.5 Å². The minimum atomic E-state index is -0.0527. The summed E-state index contributed by atoms with van der Waals surface area (Å²) in [6.07, 6.45) is 3.47. The minimum Gasteiger partial charge on any atom is -0.508 e. The van der Waals surface area contributed by atoms with E-state index in [-0.39, 0.29) is 17.7 Å². The maximum Gasteiger partial charge on any atom is 0.290 e. The van der Waals surface area contributed by atoms with Gasteiger partial charge in [0.1, 0.15) is 5.75 Å². The van der Waals surface area contributed by atoms with Gasteiger partial charge in [0.25, 0.3) is 5.91 Å². The lowest BCUT2D eigenvalue weighted by molar-refractivity contribution is 0.0702. The summed E-state index contributed by atoms with van der Waals surface area (Å²) < 4.78 is 5.31. The predicted molar refractivity (Wildman–Crippen MR) is 74.6 cm³/mol. The number of nitrogens with zero attached hydrogens (tertiary/aromatic N) is 1. The fraction of sp³-hybridized carbons (Fsp3) is 0.312. The Balaban J connectivity index is 1.87. The van der Waals surface area contributed by atoms with E-state index in [0.29, 0.717) is 5.76 Å². The third kappa shape index (κ3) is 2.18. The van der Waals surface area contributed by atoms with E-state index in [0.717, 1.165) is 30.5 Å². The van der Waals surface area contributed by atoms with Crippen molar-refractivity contribution in [2.45, 2.75) is 25.8 Å². The molecule has 1 aromatic carbocycles. The van der Waals surface area contributed by atoms with Crippen LogP contribution >= 0.6 is 0 Å². The van der Waals surface area contributed by atoms with Crippen LogP contribution in [0.1, 0.15) is 40.6 Å². The van der Waals surface area contributed by atoms with Gasteiger partial charge in [0.15, 0.2) is 5.76 Å². The molecule has 1 atom stereocenters. The molecule has 3 rings (SSSR count). The number of amides is 1. The number of aryl methyl sites for hydroxylation is 1. The van der Waals surface area contributed by atoms with Crippen molar-refractivity contribution < 1.29 is 14.3 Å². The van der Waals surface area contributed by atoms with Gasteiger partial charge in [0, 0.05) is 12.1 Å². The number of phenolic OH excluding ortho intramolecular Hbond substituents is 1. The van der Waals surface area contributed by atoms with E-state index in [9.17, 15) is 9.90 Å². The Morgan fingerprint density at radius 2 is 2.05 bits per heavy atom. The highest BCUT2D eigenvalue weighted by atomic mass is 16.3. The zero-order valence-corrected chi connectivity index (χ0v) is 11.4. The second-order valence-electron chi connectivity index (χ2n) is 5.18. The lowest BCUT2D eigenvalue weighted by atomic mass is 10.0. The summed E-state index contributed by atoms with van der Waals surface area (Å²) >= 11 is 0. The quantitative estimate of drug-likeness (QED) is 0.912. The fourth-order valence-corrected chi connectivity index (χ4v) is 2.78. The molecule has 0 aliphatic carbocycles. The van der Waals surface area contributed by atoms with Crippen LogP contribution in [0.4, 0.5) is 0 Å². The number of aromatic hydroxyl groups is 1. The largest absolute Gasteiger partial charge is 0.508 e. The third-order valence-electron chi connectivity index (χ3n) is 3.85. The Morgan fingerprint density at radius 3 is 2.70 bits per heavy atom. The van der Waals surface area contributed by atoms with Crippen molar-refractivity contribution in [3.05, 3.63) is 53.5 Å². The van der Waals surface area contributed by atoms with E-state index in [4.69, 9.17) is 4.42 Å². The third-order valence-corrected chi connectivity index (χ3v) is 3.85. The molecule has 1 aromatic heterocycles. The molecule has 4 nitrogen and oxygen atoms in total. The predicted octanol–water partition coefficient (Wildman–Crippen LogP) is 3.27. The molecular formula is C16H17NO3. The van der Waals surface area contributed by atoms with Crippen LogP contribution in [0, 0.1) is 6.92 Å². The number of furan rings is 1. The van der Waals surface area contributed by atoms with Crippen LogP contribution < -0.4 is 0 Å². The first kappa shape index (κ1) is 12.8. The average molecular weight is 271 g/mol. The normalized spacial score (nSPS) is 18.4. The van der Waals surface area contributed by atoms with Crippen molar-refractivity contribution in [3.63, 3.8) is 0 Å². The maximum atomic E-state index is 12.6. The summed E-state index contributed by atoms with van der Waals surface area (Å²) in [5, 5.41) is 9.37. The van der Waals surface area contributed by atoms with Crippen molar-refractivity contribution in [2.24, 2.45) is 0 Å². The molecule has 1 fully saturated rings. The molecule has 1 N–H and O–H groups in total. The molecule has 2 aromatic rings. The molecule has 20 heavy (non-hydrogen) atoms. The van der Waals surface area contributed by atoms with Gasteiger partial charge in [-0.15, -0.1) is 0 Å². The van der Waals surface area contributed by atoms with Crippen LogP contribution in [0.5, 0.6) is 5.75 Å². The van der Waals surface area contributed by atoms with Crippen molar-refractivity contribution >= 4 is 5.91 Å². The monoisotopic (exact) mass is 271 g/mol. The number of phenols is 1. The topological polar surface area (TPSA) is 53.7 Å². The van der Waals surface area contributed by atoms with E-state index >= 15 is 0 Å². The zero-order valence-electron chi connectivity index (χ0n) is 11.4. The number of hydrogen-bond donors (Lipinski definition) is 1. The van der Waals surface area contributed by atoms with Gasteiger partial charge < -0.3 is 14.4 Å². The van der Waals surface area contributed by atoms with Crippen LogP contribution in [-0.2, 0) is 0 Å². The highest BCUT2D eigenvalue weighted by Gasteiger charge is 2.32. The lowest BCUT2D eigenvalue weighted by Gasteiger charge is -2.24. The Labute approximate surface area is 117 Å². The first-order valence-electron chi connectivity index (χ1n) is 6.81. The van der Waals surface area contributed by atoms with Gasteiger partial charge in [0.05, 0.1) is 12.3 Å². The Morgan fingerprint density at radius 1 is 1.30 bits per heavy atom. The van der Waals surface area contributed by atoms with Gasteiger partial charge in [-0.1, -0.05) is 12.1 Å². The molecule has 1 saturated heterocycles. The van der Waals surface area contributed by atoms with Crippen molar-refractivity contribution in [3.8, 4) is 5.75 Å². The molecular weight excluding hydrogens is 254 g/mol. The Hall–Kier alpha value is -2.23. The highest BCUT2D eigenvalue weighted by molar-refractivity contribution is 5.93. The number of likely N-dealkylation sites (tertiary alicyclic amines) is 1. The number of hydrogen-bond acceptors (Lipinski definition) is 3. The summed E-state index contributed by atoms with van der Waals surface area (Å²) in [5.74, 6) is 0.616. The van der Waals surface area contributed by atoms with Crippen LogP contribution in [0.3, 0.4) is 0 Å². The van der Waals surface area contributed by atoms with Gasteiger partial charge in [0.2, 0.25) is 0 Å². The molecule has 0 radical (unpaired) electrons. The first-order chi connectivity index (χ1) is 9.66.